The molecule has 0 saturated carbocycles. The maximum Gasteiger partial charge on any atom is 0.350 e. The number of nitrogens with zero attached hydrogens (tertiary/aromatic N) is 4. The second-order valence-electron chi connectivity index (χ2n) is 4.32. The van der Waals surface area contributed by atoms with Crippen molar-refractivity contribution in [2.75, 3.05) is 19.6 Å². The standard InChI is InChI=1S/C10H14BrN4O5P/c11-9-8-10(13-4-12-9)14-5-15(8)7(3-16)1-2-20-6-21(17,18)19/h4-5,7,16H,1-3,6H2,(H2,17,18,19). The van der Waals surface area contributed by atoms with Crippen LogP contribution in [-0.2, 0) is 9.30 Å². The van der Waals surface area contributed by atoms with Crippen LogP contribution in [0.5, 0.6) is 0 Å². The van der Waals surface area contributed by atoms with Crippen LogP contribution in [0.25, 0.3) is 11.2 Å². The van der Waals surface area contributed by atoms with Gasteiger partial charge in [-0.15, -0.1) is 0 Å². The lowest BCUT2D eigenvalue weighted by Gasteiger charge is -2.17. The largest absolute Gasteiger partial charge is 0.394 e. The minimum absolute atomic E-state index is 0.0985. The second kappa shape index (κ2) is 6.91. The van der Waals surface area contributed by atoms with Gasteiger partial charge in [-0.05, 0) is 22.4 Å². The van der Waals surface area contributed by atoms with Gasteiger partial charge in [-0.2, -0.15) is 0 Å². The van der Waals surface area contributed by atoms with Gasteiger partial charge < -0.3 is 24.2 Å². The number of imidazole rings is 1. The van der Waals surface area contributed by atoms with Crippen molar-refractivity contribution in [3.8, 4) is 0 Å². The molecule has 2 rings (SSSR count). The maximum atomic E-state index is 10.7. The molecule has 0 spiro atoms. The van der Waals surface area contributed by atoms with Gasteiger partial charge in [0.25, 0.3) is 0 Å². The van der Waals surface area contributed by atoms with Gasteiger partial charge in [0.05, 0.1) is 19.0 Å². The number of halogens is 1. The predicted octanol–water partition coefficient (Wildman–Crippen LogP) is 0.664. The first-order chi connectivity index (χ1) is 9.92. The molecule has 11 heteroatoms. The predicted molar refractivity (Wildman–Crippen MR) is 76.6 cm³/mol. The van der Waals surface area contributed by atoms with Gasteiger partial charge in [0.15, 0.2) is 5.65 Å². The van der Waals surface area contributed by atoms with Gasteiger partial charge >= 0.3 is 7.60 Å². The van der Waals surface area contributed by atoms with E-state index in [0.29, 0.717) is 22.2 Å². The summed E-state index contributed by atoms with van der Waals surface area (Å²) >= 11 is 3.30. The van der Waals surface area contributed by atoms with Crippen LogP contribution in [0.2, 0.25) is 0 Å². The Morgan fingerprint density at radius 3 is 2.81 bits per heavy atom. The highest BCUT2D eigenvalue weighted by Gasteiger charge is 2.18. The van der Waals surface area contributed by atoms with Crippen molar-refractivity contribution in [2.24, 2.45) is 0 Å². The highest BCUT2D eigenvalue weighted by atomic mass is 79.9. The van der Waals surface area contributed by atoms with Crippen molar-refractivity contribution in [3.63, 3.8) is 0 Å². The molecule has 0 amide bonds. The molecule has 0 aliphatic carbocycles. The molecule has 0 bridgehead atoms. The van der Waals surface area contributed by atoms with Gasteiger partial charge in [0.1, 0.15) is 22.8 Å². The minimum Gasteiger partial charge on any atom is -0.394 e. The van der Waals surface area contributed by atoms with Crippen LogP contribution in [-0.4, -0.2) is 54.0 Å². The van der Waals surface area contributed by atoms with E-state index in [4.69, 9.17) is 14.5 Å². The molecule has 0 saturated heterocycles. The molecule has 2 aromatic heterocycles. The van der Waals surface area contributed by atoms with Crippen LogP contribution in [0, 0.1) is 0 Å². The van der Waals surface area contributed by atoms with Gasteiger partial charge in [0.2, 0.25) is 0 Å². The number of aliphatic hydroxyl groups is 1. The zero-order valence-electron chi connectivity index (χ0n) is 10.8. The molecule has 1 unspecified atom stereocenters. The fraction of sp³-hybridized carbons (Fsp3) is 0.500. The highest BCUT2D eigenvalue weighted by molar-refractivity contribution is 9.10. The summed E-state index contributed by atoms with van der Waals surface area (Å²) in [5.41, 5.74) is 1.14. The van der Waals surface area contributed by atoms with E-state index in [-0.39, 0.29) is 19.3 Å². The lowest BCUT2D eigenvalue weighted by molar-refractivity contribution is 0.127. The highest BCUT2D eigenvalue weighted by Crippen LogP contribution is 2.34. The Morgan fingerprint density at radius 2 is 2.14 bits per heavy atom. The monoisotopic (exact) mass is 380 g/mol. The molecule has 0 aromatic carbocycles. The van der Waals surface area contributed by atoms with E-state index in [9.17, 15) is 9.67 Å². The first-order valence-corrected chi connectivity index (χ1v) is 8.57. The van der Waals surface area contributed by atoms with Gasteiger partial charge in [-0.25, -0.2) is 15.0 Å². The Bertz CT molecular complexity index is 660. The van der Waals surface area contributed by atoms with Crippen LogP contribution in [0.4, 0.5) is 0 Å². The molecule has 0 aliphatic rings. The fourth-order valence-electron chi connectivity index (χ4n) is 1.84. The number of aliphatic hydroxyl groups excluding tert-OH is 1. The number of hydrogen-bond acceptors (Lipinski definition) is 6. The first-order valence-electron chi connectivity index (χ1n) is 5.98. The molecule has 21 heavy (non-hydrogen) atoms. The molecule has 116 valence electrons. The number of hydrogen-bond donors (Lipinski definition) is 3. The summed E-state index contributed by atoms with van der Waals surface area (Å²) in [7, 11) is -4.17. The third-order valence-electron chi connectivity index (χ3n) is 2.78. The topological polar surface area (TPSA) is 131 Å². The fourth-order valence-corrected chi connectivity index (χ4v) is 2.68. The van der Waals surface area contributed by atoms with Crippen molar-refractivity contribution in [2.45, 2.75) is 12.5 Å². The quantitative estimate of drug-likeness (QED) is 0.362. The summed E-state index contributed by atoms with van der Waals surface area (Å²) in [6, 6.07) is -0.353. The zero-order valence-corrected chi connectivity index (χ0v) is 13.3. The van der Waals surface area contributed by atoms with E-state index < -0.39 is 13.9 Å². The minimum atomic E-state index is -4.17. The molecule has 9 nitrogen and oxygen atoms in total. The molecule has 3 N–H and O–H groups in total. The summed E-state index contributed by atoms with van der Waals surface area (Å²) in [4.78, 5) is 29.6. The molecule has 1 atom stereocenters. The molecule has 2 aromatic rings. The smallest absolute Gasteiger partial charge is 0.350 e. The van der Waals surface area contributed by atoms with Crippen LogP contribution in [0.1, 0.15) is 12.5 Å². The van der Waals surface area contributed by atoms with E-state index >= 15 is 0 Å². The van der Waals surface area contributed by atoms with Crippen molar-refractivity contribution >= 4 is 34.7 Å². The van der Waals surface area contributed by atoms with Crippen LogP contribution >= 0.6 is 23.5 Å². The van der Waals surface area contributed by atoms with Crippen molar-refractivity contribution in [1.82, 2.24) is 19.5 Å². The van der Waals surface area contributed by atoms with E-state index in [1.165, 1.54) is 12.7 Å². The zero-order chi connectivity index (χ0) is 15.5. The average molecular weight is 381 g/mol. The SMILES string of the molecule is O=P(O)(O)COCCC(CO)n1cnc2ncnc(Br)c21. The summed E-state index contributed by atoms with van der Waals surface area (Å²) in [5.74, 6) is 0. The number of ether oxygens (including phenoxy) is 1. The van der Waals surface area contributed by atoms with Crippen LogP contribution < -0.4 is 0 Å². The molecule has 0 fully saturated rings. The average Bonchev–Trinajstić information content (AvgIpc) is 2.83. The van der Waals surface area contributed by atoms with E-state index in [1.54, 1.807) is 4.57 Å². The van der Waals surface area contributed by atoms with E-state index in [0.717, 1.165) is 0 Å². The third-order valence-corrected chi connectivity index (χ3v) is 3.88. The van der Waals surface area contributed by atoms with Gasteiger partial charge in [0, 0.05) is 6.61 Å². The summed E-state index contributed by atoms with van der Waals surface area (Å²) in [6.07, 6.45) is 2.64. The Hall–Kier alpha value is -0.900. The Labute approximate surface area is 128 Å². The van der Waals surface area contributed by atoms with Crippen molar-refractivity contribution in [3.05, 3.63) is 17.3 Å². The number of rotatable bonds is 7. The van der Waals surface area contributed by atoms with Crippen molar-refractivity contribution in [1.29, 1.82) is 0 Å². The number of fused-ring (bicyclic) bond motifs is 1. The lowest BCUT2D eigenvalue weighted by Crippen LogP contribution is -2.15. The molecule has 2 heterocycles. The van der Waals surface area contributed by atoms with Crippen LogP contribution in [0.3, 0.4) is 0 Å². The molecule has 0 aliphatic heterocycles. The Morgan fingerprint density at radius 1 is 1.38 bits per heavy atom. The van der Waals surface area contributed by atoms with Crippen LogP contribution in [0.15, 0.2) is 17.3 Å². The number of aromatic nitrogens is 4. The normalized spacial score (nSPS) is 13.7. The first kappa shape index (κ1) is 16.5. The molecule has 0 radical (unpaired) electrons. The molecular weight excluding hydrogens is 367 g/mol. The van der Waals surface area contributed by atoms with Gasteiger partial charge in [-0.3, -0.25) is 4.57 Å². The third kappa shape index (κ3) is 4.29. The lowest BCUT2D eigenvalue weighted by atomic mass is 10.2. The van der Waals surface area contributed by atoms with E-state index in [1.807, 2.05) is 0 Å². The van der Waals surface area contributed by atoms with Crippen molar-refractivity contribution < 1.29 is 24.2 Å². The maximum absolute atomic E-state index is 10.7. The summed E-state index contributed by atoms with van der Waals surface area (Å²) in [6.45, 7) is -0.0760. The van der Waals surface area contributed by atoms with E-state index in [2.05, 4.69) is 30.9 Å². The summed E-state index contributed by atoms with van der Waals surface area (Å²) < 4.78 is 17.9. The molecular formula is C10H14BrN4O5P. The summed E-state index contributed by atoms with van der Waals surface area (Å²) in [5, 5.41) is 9.49. The Balaban J connectivity index is 2.08. The Kier molecular flexibility index (Phi) is 5.42. The second-order valence-corrected chi connectivity index (χ2v) is 6.65. The van der Waals surface area contributed by atoms with Gasteiger partial charge in [-0.1, -0.05) is 0 Å².